The molecule has 74 valence electrons. The predicted molar refractivity (Wildman–Crippen MR) is 51.6 cm³/mol. The minimum Gasteiger partial charge on any atom is -0.349 e. The lowest BCUT2D eigenvalue weighted by atomic mass is 10.0. The van der Waals surface area contributed by atoms with Crippen LogP contribution >= 0.6 is 0 Å². The second kappa shape index (κ2) is 5.11. The molecule has 1 unspecified atom stereocenters. The van der Waals surface area contributed by atoms with Crippen molar-refractivity contribution in [3.05, 3.63) is 30.1 Å². The molecule has 0 saturated heterocycles. The third-order valence-electron chi connectivity index (χ3n) is 1.95. The van der Waals surface area contributed by atoms with Gasteiger partial charge < -0.3 is 5.32 Å². The molecule has 0 spiro atoms. The first kappa shape index (κ1) is 10.4. The minimum atomic E-state index is -0.435. The van der Waals surface area contributed by atoms with Crippen LogP contribution < -0.4 is 5.32 Å². The molecule has 1 atom stereocenters. The minimum absolute atomic E-state index is 0.0473. The van der Waals surface area contributed by atoms with Crippen LogP contribution in [0.15, 0.2) is 24.5 Å². The first-order valence-electron chi connectivity index (χ1n) is 4.33. The van der Waals surface area contributed by atoms with Crippen LogP contribution in [0.1, 0.15) is 12.5 Å². The number of aromatic nitrogens is 1. The largest absolute Gasteiger partial charge is 0.349 e. The zero-order valence-electron chi connectivity index (χ0n) is 7.93. The molecule has 14 heavy (non-hydrogen) atoms. The second-order valence-electron chi connectivity index (χ2n) is 3.01. The maximum atomic E-state index is 11.1. The SMILES string of the molecule is CC(=O)C(Cc1ccncc1)NC=O. The van der Waals surface area contributed by atoms with Crippen molar-refractivity contribution in [1.82, 2.24) is 10.3 Å². The van der Waals surface area contributed by atoms with Crippen molar-refractivity contribution < 1.29 is 9.59 Å². The maximum absolute atomic E-state index is 11.1. The summed E-state index contributed by atoms with van der Waals surface area (Å²) in [6, 6.07) is 3.21. The van der Waals surface area contributed by atoms with Gasteiger partial charge in [-0.2, -0.15) is 0 Å². The summed E-state index contributed by atoms with van der Waals surface area (Å²) in [5.41, 5.74) is 0.981. The number of carbonyl (C=O) groups excluding carboxylic acids is 2. The summed E-state index contributed by atoms with van der Waals surface area (Å²) in [6.07, 6.45) is 4.38. The molecule has 0 aromatic carbocycles. The molecule has 4 heteroatoms. The van der Waals surface area contributed by atoms with Crippen molar-refractivity contribution in [2.75, 3.05) is 0 Å². The predicted octanol–water partition coefficient (Wildman–Crippen LogP) is 0.328. The molecule has 1 N–H and O–H groups in total. The fourth-order valence-electron chi connectivity index (χ4n) is 1.16. The van der Waals surface area contributed by atoms with E-state index in [1.807, 2.05) is 12.1 Å². The van der Waals surface area contributed by atoms with Gasteiger partial charge >= 0.3 is 0 Å². The number of amides is 1. The Balaban J connectivity index is 2.64. The Bertz CT molecular complexity index is 311. The summed E-state index contributed by atoms with van der Waals surface area (Å²) in [5, 5.41) is 2.48. The second-order valence-corrected chi connectivity index (χ2v) is 3.01. The molecule has 1 rings (SSSR count). The number of carbonyl (C=O) groups is 2. The van der Waals surface area contributed by atoms with E-state index in [-0.39, 0.29) is 5.78 Å². The third kappa shape index (κ3) is 2.97. The van der Waals surface area contributed by atoms with E-state index in [0.29, 0.717) is 12.8 Å². The Labute approximate surface area is 82.3 Å². The first-order valence-corrected chi connectivity index (χ1v) is 4.33. The highest BCUT2D eigenvalue weighted by atomic mass is 16.1. The van der Waals surface area contributed by atoms with Crippen molar-refractivity contribution in [3.8, 4) is 0 Å². The molecule has 0 aliphatic carbocycles. The van der Waals surface area contributed by atoms with Crippen LogP contribution in [0.2, 0.25) is 0 Å². The highest BCUT2D eigenvalue weighted by Gasteiger charge is 2.12. The van der Waals surface area contributed by atoms with Crippen LogP contribution in [0, 0.1) is 0 Å². The molecule has 0 fully saturated rings. The molecule has 4 nitrogen and oxygen atoms in total. The lowest BCUT2D eigenvalue weighted by Gasteiger charge is -2.11. The van der Waals surface area contributed by atoms with Gasteiger partial charge in [0, 0.05) is 12.4 Å². The molecule has 0 saturated carbocycles. The van der Waals surface area contributed by atoms with Gasteiger partial charge in [0.05, 0.1) is 6.04 Å². The van der Waals surface area contributed by atoms with E-state index >= 15 is 0 Å². The van der Waals surface area contributed by atoms with Crippen LogP contribution in [0.25, 0.3) is 0 Å². The summed E-state index contributed by atoms with van der Waals surface area (Å²) in [4.78, 5) is 25.2. The highest BCUT2D eigenvalue weighted by Crippen LogP contribution is 2.01. The normalized spacial score (nSPS) is 11.8. The van der Waals surface area contributed by atoms with Crippen LogP contribution in [0.4, 0.5) is 0 Å². The fourth-order valence-corrected chi connectivity index (χ4v) is 1.16. The number of hydrogen-bond acceptors (Lipinski definition) is 3. The van der Waals surface area contributed by atoms with Crippen molar-refractivity contribution in [2.24, 2.45) is 0 Å². The van der Waals surface area contributed by atoms with Crippen molar-refractivity contribution in [3.63, 3.8) is 0 Å². The van der Waals surface area contributed by atoms with Crippen molar-refractivity contribution >= 4 is 12.2 Å². The number of nitrogens with zero attached hydrogens (tertiary/aromatic N) is 1. The van der Waals surface area contributed by atoms with E-state index in [1.165, 1.54) is 6.92 Å². The van der Waals surface area contributed by atoms with Crippen LogP contribution in [-0.2, 0) is 16.0 Å². The fraction of sp³-hybridized carbons (Fsp3) is 0.300. The monoisotopic (exact) mass is 192 g/mol. The Kier molecular flexibility index (Phi) is 3.79. The number of pyridine rings is 1. The standard InChI is InChI=1S/C10H12N2O2/c1-8(14)10(12-7-13)6-9-2-4-11-5-3-9/h2-5,7,10H,6H2,1H3,(H,12,13). The summed E-state index contributed by atoms with van der Waals surface area (Å²) in [6.45, 7) is 1.46. The molecule has 0 aliphatic rings. The number of Topliss-reactive ketones (excluding diaryl/α,β-unsaturated/α-hetero) is 1. The Morgan fingerprint density at radius 2 is 2.21 bits per heavy atom. The lowest BCUT2D eigenvalue weighted by Crippen LogP contribution is -2.36. The van der Waals surface area contributed by atoms with Gasteiger partial charge in [0.25, 0.3) is 0 Å². The molecule has 1 aromatic heterocycles. The van der Waals surface area contributed by atoms with Gasteiger partial charge in [-0.05, 0) is 31.0 Å². The van der Waals surface area contributed by atoms with E-state index in [2.05, 4.69) is 10.3 Å². The van der Waals surface area contributed by atoms with E-state index in [1.54, 1.807) is 12.4 Å². The Hall–Kier alpha value is -1.71. The van der Waals surface area contributed by atoms with Gasteiger partial charge in [-0.1, -0.05) is 0 Å². The molecular weight excluding hydrogens is 180 g/mol. The van der Waals surface area contributed by atoms with E-state index in [0.717, 1.165) is 5.56 Å². The number of rotatable bonds is 5. The summed E-state index contributed by atoms with van der Waals surface area (Å²) < 4.78 is 0. The molecule has 1 heterocycles. The van der Waals surface area contributed by atoms with Crippen LogP contribution in [0.5, 0.6) is 0 Å². The summed E-state index contributed by atoms with van der Waals surface area (Å²) >= 11 is 0. The maximum Gasteiger partial charge on any atom is 0.207 e. The third-order valence-corrected chi connectivity index (χ3v) is 1.95. The van der Waals surface area contributed by atoms with Crippen molar-refractivity contribution in [2.45, 2.75) is 19.4 Å². The summed E-state index contributed by atoms with van der Waals surface area (Å²) in [7, 11) is 0. The zero-order chi connectivity index (χ0) is 10.4. The van der Waals surface area contributed by atoms with Crippen LogP contribution in [-0.4, -0.2) is 23.2 Å². The van der Waals surface area contributed by atoms with Gasteiger partial charge in [-0.25, -0.2) is 0 Å². The van der Waals surface area contributed by atoms with Crippen LogP contribution in [0.3, 0.4) is 0 Å². The summed E-state index contributed by atoms with van der Waals surface area (Å²) in [5.74, 6) is -0.0473. The highest BCUT2D eigenvalue weighted by molar-refractivity contribution is 5.83. The number of nitrogens with one attached hydrogen (secondary N) is 1. The molecule has 0 aliphatic heterocycles. The van der Waals surface area contributed by atoms with Gasteiger partial charge in [0.1, 0.15) is 0 Å². The van der Waals surface area contributed by atoms with Gasteiger partial charge in [-0.3, -0.25) is 14.6 Å². The molecule has 0 radical (unpaired) electrons. The smallest absolute Gasteiger partial charge is 0.207 e. The first-order chi connectivity index (χ1) is 6.74. The molecular formula is C10H12N2O2. The molecule has 0 bridgehead atoms. The van der Waals surface area contributed by atoms with Crippen molar-refractivity contribution in [1.29, 1.82) is 0 Å². The average molecular weight is 192 g/mol. The Morgan fingerprint density at radius 3 is 2.71 bits per heavy atom. The molecule has 1 amide bonds. The number of ketones is 1. The Morgan fingerprint density at radius 1 is 1.57 bits per heavy atom. The van der Waals surface area contributed by atoms with E-state index < -0.39 is 6.04 Å². The van der Waals surface area contributed by atoms with Gasteiger partial charge in [-0.15, -0.1) is 0 Å². The number of hydrogen-bond donors (Lipinski definition) is 1. The topological polar surface area (TPSA) is 59.1 Å². The molecule has 1 aromatic rings. The van der Waals surface area contributed by atoms with Gasteiger partial charge in [0.15, 0.2) is 5.78 Å². The zero-order valence-corrected chi connectivity index (χ0v) is 7.93. The lowest BCUT2D eigenvalue weighted by molar-refractivity contribution is -0.121. The van der Waals surface area contributed by atoms with E-state index in [9.17, 15) is 9.59 Å². The average Bonchev–Trinajstić information content (AvgIpc) is 2.18. The van der Waals surface area contributed by atoms with Gasteiger partial charge in [0.2, 0.25) is 6.41 Å². The quantitative estimate of drug-likeness (QED) is 0.684. The van der Waals surface area contributed by atoms with E-state index in [4.69, 9.17) is 0 Å².